The van der Waals surface area contributed by atoms with Gasteiger partial charge in [-0.25, -0.2) is 0 Å². The maximum Gasteiger partial charge on any atom is 0.118 e. The Balaban J connectivity index is 1.83. The largest absolute Gasteiger partial charge is 0.497 e. The molecule has 1 saturated heterocycles. The SMILES string of the molecule is COc1ccc([C@H]2CC=C[C@H]3CCCCN23)cc1. The van der Waals surface area contributed by atoms with E-state index in [1.165, 1.54) is 31.4 Å². The number of hydrogen-bond donors (Lipinski definition) is 0. The fraction of sp³-hybridized carbons (Fsp3) is 0.500. The van der Waals surface area contributed by atoms with Gasteiger partial charge in [0.1, 0.15) is 5.75 Å². The van der Waals surface area contributed by atoms with Crippen molar-refractivity contribution in [3.8, 4) is 5.75 Å². The molecule has 2 nitrogen and oxygen atoms in total. The van der Waals surface area contributed by atoms with Crippen LogP contribution in [0.2, 0.25) is 0 Å². The zero-order valence-corrected chi connectivity index (χ0v) is 11.0. The summed E-state index contributed by atoms with van der Waals surface area (Å²) >= 11 is 0. The second-order valence-corrected chi connectivity index (χ2v) is 5.25. The number of nitrogens with zero attached hydrogens (tertiary/aromatic N) is 1. The summed E-state index contributed by atoms with van der Waals surface area (Å²) in [6.45, 7) is 1.24. The molecule has 0 saturated carbocycles. The van der Waals surface area contributed by atoms with Crippen LogP contribution < -0.4 is 4.74 Å². The molecule has 0 radical (unpaired) electrons. The van der Waals surface area contributed by atoms with Crippen molar-refractivity contribution < 1.29 is 4.74 Å². The van der Waals surface area contributed by atoms with Crippen LogP contribution in [0.1, 0.15) is 37.3 Å². The molecule has 0 spiro atoms. The quantitative estimate of drug-likeness (QED) is 0.736. The van der Waals surface area contributed by atoms with E-state index in [-0.39, 0.29) is 0 Å². The lowest BCUT2D eigenvalue weighted by Crippen LogP contribution is -2.42. The van der Waals surface area contributed by atoms with E-state index in [1.54, 1.807) is 7.11 Å². The lowest BCUT2D eigenvalue weighted by Gasteiger charge is -2.42. The summed E-state index contributed by atoms with van der Waals surface area (Å²) in [7, 11) is 1.72. The first-order valence-corrected chi connectivity index (χ1v) is 6.95. The van der Waals surface area contributed by atoms with Gasteiger partial charge in [-0.05, 0) is 43.5 Å². The van der Waals surface area contributed by atoms with Gasteiger partial charge in [0.25, 0.3) is 0 Å². The summed E-state index contributed by atoms with van der Waals surface area (Å²) in [5, 5.41) is 0. The first-order valence-electron chi connectivity index (χ1n) is 6.95. The highest BCUT2D eigenvalue weighted by molar-refractivity contribution is 5.30. The van der Waals surface area contributed by atoms with E-state index in [2.05, 4.69) is 41.3 Å². The summed E-state index contributed by atoms with van der Waals surface area (Å²) in [5.74, 6) is 0.945. The van der Waals surface area contributed by atoms with Gasteiger partial charge in [-0.3, -0.25) is 4.90 Å². The molecule has 0 amide bonds. The van der Waals surface area contributed by atoms with Crippen molar-refractivity contribution in [1.29, 1.82) is 0 Å². The Labute approximate surface area is 109 Å². The predicted molar refractivity (Wildman–Crippen MR) is 73.8 cm³/mol. The summed E-state index contributed by atoms with van der Waals surface area (Å²) in [6, 6.07) is 9.81. The summed E-state index contributed by atoms with van der Waals surface area (Å²) in [5.41, 5.74) is 1.42. The van der Waals surface area contributed by atoms with Crippen molar-refractivity contribution in [2.45, 2.75) is 37.8 Å². The minimum Gasteiger partial charge on any atom is -0.497 e. The van der Waals surface area contributed by atoms with Crippen LogP contribution in [0.4, 0.5) is 0 Å². The number of fused-ring (bicyclic) bond motifs is 1. The fourth-order valence-electron chi connectivity index (χ4n) is 3.23. The van der Waals surface area contributed by atoms with Gasteiger partial charge in [-0.2, -0.15) is 0 Å². The fourth-order valence-corrected chi connectivity index (χ4v) is 3.23. The van der Waals surface area contributed by atoms with Crippen LogP contribution in [0, 0.1) is 0 Å². The van der Waals surface area contributed by atoms with Gasteiger partial charge in [0.05, 0.1) is 7.11 Å². The van der Waals surface area contributed by atoms with E-state index >= 15 is 0 Å². The number of methoxy groups -OCH3 is 1. The van der Waals surface area contributed by atoms with E-state index in [4.69, 9.17) is 4.74 Å². The first-order chi connectivity index (χ1) is 8.88. The van der Waals surface area contributed by atoms with Gasteiger partial charge in [-0.15, -0.1) is 0 Å². The molecule has 2 atom stereocenters. The van der Waals surface area contributed by atoms with Crippen LogP contribution in [-0.4, -0.2) is 24.6 Å². The predicted octanol–water partition coefficient (Wildman–Crippen LogP) is 3.55. The molecular formula is C16H21NO. The molecule has 2 heteroatoms. The minimum absolute atomic E-state index is 0.561. The highest BCUT2D eigenvalue weighted by atomic mass is 16.5. The maximum absolute atomic E-state index is 5.24. The van der Waals surface area contributed by atoms with Gasteiger partial charge in [0, 0.05) is 12.1 Å². The number of rotatable bonds is 2. The molecule has 0 bridgehead atoms. The van der Waals surface area contributed by atoms with Gasteiger partial charge >= 0.3 is 0 Å². The standard InChI is InChI=1S/C16H21NO/c1-18-15-10-8-13(9-11-15)16-7-4-6-14-5-2-3-12-17(14)16/h4,6,8-11,14,16H,2-3,5,7,12H2,1H3/t14-,16-/m1/s1. The van der Waals surface area contributed by atoms with Crippen LogP contribution in [0.5, 0.6) is 5.75 Å². The molecule has 2 heterocycles. The van der Waals surface area contributed by atoms with Crippen LogP contribution in [0.3, 0.4) is 0 Å². The van der Waals surface area contributed by atoms with E-state index in [0.717, 1.165) is 12.2 Å². The van der Waals surface area contributed by atoms with Crippen LogP contribution in [0.25, 0.3) is 0 Å². The van der Waals surface area contributed by atoms with Crippen molar-refractivity contribution >= 4 is 0 Å². The Morgan fingerprint density at radius 2 is 2.00 bits per heavy atom. The number of piperidine rings is 1. The molecule has 96 valence electrons. The average Bonchev–Trinajstić information content (AvgIpc) is 2.47. The molecule has 1 aromatic carbocycles. The Kier molecular flexibility index (Phi) is 3.37. The van der Waals surface area contributed by atoms with E-state index in [9.17, 15) is 0 Å². The molecule has 0 unspecified atom stereocenters. The second kappa shape index (κ2) is 5.15. The lowest BCUT2D eigenvalue weighted by atomic mass is 9.90. The smallest absolute Gasteiger partial charge is 0.118 e. The summed E-state index contributed by atoms with van der Waals surface area (Å²) in [4.78, 5) is 2.67. The van der Waals surface area contributed by atoms with E-state index in [1.807, 2.05) is 0 Å². The van der Waals surface area contributed by atoms with Crippen LogP contribution in [0.15, 0.2) is 36.4 Å². The van der Waals surface area contributed by atoms with E-state index < -0.39 is 0 Å². The third-order valence-corrected chi connectivity index (χ3v) is 4.21. The van der Waals surface area contributed by atoms with Crippen molar-refractivity contribution in [1.82, 2.24) is 4.90 Å². The first kappa shape index (κ1) is 11.8. The molecular weight excluding hydrogens is 222 g/mol. The van der Waals surface area contributed by atoms with Crippen LogP contribution >= 0.6 is 0 Å². The van der Waals surface area contributed by atoms with Crippen molar-refractivity contribution in [3.63, 3.8) is 0 Å². The van der Waals surface area contributed by atoms with Crippen molar-refractivity contribution in [2.75, 3.05) is 13.7 Å². The summed E-state index contributed by atoms with van der Waals surface area (Å²) in [6.07, 6.45) is 9.95. The Bertz CT molecular complexity index is 423. The lowest BCUT2D eigenvalue weighted by molar-refractivity contribution is 0.113. The molecule has 0 N–H and O–H groups in total. The van der Waals surface area contributed by atoms with Gasteiger partial charge in [0.15, 0.2) is 0 Å². The Morgan fingerprint density at radius 3 is 2.78 bits per heavy atom. The molecule has 3 rings (SSSR count). The highest BCUT2D eigenvalue weighted by Gasteiger charge is 2.30. The number of ether oxygens (including phenoxy) is 1. The zero-order chi connectivity index (χ0) is 12.4. The molecule has 2 aliphatic rings. The van der Waals surface area contributed by atoms with E-state index in [0.29, 0.717) is 12.1 Å². The zero-order valence-electron chi connectivity index (χ0n) is 11.0. The minimum atomic E-state index is 0.561. The molecule has 0 aliphatic carbocycles. The third-order valence-electron chi connectivity index (χ3n) is 4.21. The molecule has 1 fully saturated rings. The van der Waals surface area contributed by atoms with Gasteiger partial charge in [0.2, 0.25) is 0 Å². The molecule has 0 aromatic heterocycles. The van der Waals surface area contributed by atoms with Gasteiger partial charge in [-0.1, -0.05) is 30.7 Å². The molecule has 18 heavy (non-hydrogen) atoms. The third kappa shape index (κ3) is 2.17. The Morgan fingerprint density at radius 1 is 1.17 bits per heavy atom. The van der Waals surface area contributed by atoms with Crippen molar-refractivity contribution in [2.24, 2.45) is 0 Å². The number of hydrogen-bond acceptors (Lipinski definition) is 2. The van der Waals surface area contributed by atoms with Gasteiger partial charge < -0.3 is 4.74 Å². The number of benzene rings is 1. The highest BCUT2D eigenvalue weighted by Crippen LogP contribution is 2.35. The topological polar surface area (TPSA) is 12.5 Å². The molecule has 2 aliphatic heterocycles. The van der Waals surface area contributed by atoms with Crippen molar-refractivity contribution in [3.05, 3.63) is 42.0 Å². The maximum atomic E-state index is 5.24. The molecule has 1 aromatic rings. The Hall–Kier alpha value is -1.28. The monoisotopic (exact) mass is 243 g/mol. The average molecular weight is 243 g/mol. The van der Waals surface area contributed by atoms with Crippen LogP contribution in [-0.2, 0) is 0 Å². The summed E-state index contributed by atoms with van der Waals surface area (Å²) < 4.78 is 5.24. The second-order valence-electron chi connectivity index (χ2n) is 5.25. The normalized spacial score (nSPS) is 27.8.